The van der Waals surface area contributed by atoms with E-state index in [0.717, 1.165) is 0 Å². The summed E-state index contributed by atoms with van der Waals surface area (Å²) in [4.78, 5) is 0. The van der Waals surface area contributed by atoms with Gasteiger partial charge in [-0.3, -0.25) is 0 Å². The summed E-state index contributed by atoms with van der Waals surface area (Å²) in [6.45, 7) is 0. The molecule has 0 saturated heterocycles. The van der Waals surface area contributed by atoms with Crippen LogP contribution in [0.1, 0.15) is 0 Å². The van der Waals surface area contributed by atoms with Gasteiger partial charge in [0.1, 0.15) is 0 Å². The van der Waals surface area contributed by atoms with Crippen molar-refractivity contribution in [1.29, 1.82) is 0 Å². The van der Waals surface area contributed by atoms with E-state index in [4.69, 9.17) is 0 Å². The van der Waals surface area contributed by atoms with E-state index >= 15 is 0 Å². The summed E-state index contributed by atoms with van der Waals surface area (Å²) in [7, 11) is 0. The average molecular weight is 72.1 g/mol. The Kier molecular flexibility index (Phi) is 415000. The summed E-state index contributed by atoms with van der Waals surface area (Å²) in [6, 6.07) is 0. The summed E-state index contributed by atoms with van der Waals surface area (Å²) in [5, 5.41) is 0. The van der Waals surface area contributed by atoms with Crippen LogP contribution >= 0.6 is 0 Å². The van der Waals surface area contributed by atoms with E-state index in [9.17, 15) is 0 Å². The van der Waals surface area contributed by atoms with Gasteiger partial charge in [-0.2, -0.15) is 0 Å². The topological polar surface area (TPSA) is 57.0 Å². The molecular formula is CO2Si. The van der Waals surface area contributed by atoms with Gasteiger partial charge in [0.05, 0.1) is 0 Å². The molecule has 0 N–H and O–H groups in total. The molecule has 0 aromatic carbocycles. The highest BCUT2D eigenvalue weighted by atomic mass is 28.1. The Balaban J connectivity index is 0. The highest BCUT2D eigenvalue weighted by Crippen LogP contribution is 0.0813. The van der Waals surface area contributed by atoms with Crippen LogP contribution in [0.2, 0.25) is 0 Å². The minimum Gasteiger partial charge on any atom is 0 e. The largest absolute Gasteiger partial charge is 0 e. The van der Waals surface area contributed by atoms with Gasteiger partial charge in [0.25, 0.3) is 0 Å². The first-order chi connectivity index (χ1) is 0. The molecule has 0 bridgehead atoms. The third-order valence-corrected chi connectivity index (χ3v) is 0. The molecule has 0 unspecified atom stereocenters. The minimum absolute atomic E-state index is 0. The predicted octanol–water partition coefficient (Wildman–Crippen LogP) is -0.537. The van der Waals surface area contributed by atoms with E-state index in [1.165, 1.54) is 0 Å². The molecule has 4 heavy (non-hydrogen) atoms. The van der Waals surface area contributed by atoms with Crippen molar-refractivity contribution >= 4 is 11.0 Å². The van der Waals surface area contributed by atoms with Gasteiger partial charge in [-0.15, -0.1) is 0 Å². The first-order valence-corrected chi connectivity index (χ1v) is 0. The Labute approximate surface area is 30.5 Å². The van der Waals surface area contributed by atoms with Crippen LogP contribution in [0.4, 0.5) is 0 Å². The normalized spacial score (nSPS) is 0. The molecule has 0 amide bonds. The molecular weight excluding hydrogens is 72.1 g/mol. The Morgan fingerprint density at radius 2 is 0.750 bits per heavy atom. The second-order valence-electron chi connectivity index (χ2n) is 0. The highest BCUT2D eigenvalue weighted by Gasteiger charge is 0.00300. The van der Waals surface area contributed by atoms with Crippen molar-refractivity contribution in [1.82, 2.24) is 0 Å². The molecule has 12 radical (unpaired) electrons. The standard InChI is InChI=1S/C.2O.Si. The van der Waals surface area contributed by atoms with Crippen molar-refractivity contribution in [2.45, 2.75) is 0 Å². The smallest absolute Gasteiger partial charge is 0 e. The molecule has 20 valence electrons. The van der Waals surface area contributed by atoms with Crippen LogP contribution < -0.4 is 0 Å². The summed E-state index contributed by atoms with van der Waals surface area (Å²) < 4.78 is 0. The Morgan fingerprint density at radius 1 is 0.750 bits per heavy atom. The third kappa shape index (κ3) is 147. The van der Waals surface area contributed by atoms with E-state index < -0.39 is 0 Å². The van der Waals surface area contributed by atoms with Gasteiger partial charge in [-0.25, -0.2) is 0 Å². The van der Waals surface area contributed by atoms with Gasteiger partial charge in [0.15, 0.2) is 0 Å². The molecule has 0 rings (SSSR count). The number of hydrogen-bond acceptors (Lipinski definition) is 0. The molecule has 0 atom stereocenters. The van der Waals surface area contributed by atoms with E-state index in [-0.39, 0.29) is 29.3 Å². The minimum atomic E-state index is 0. The molecule has 0 fully saturated rings. The second-order valence-corrected chi connectivity index (χ2v) is 0. The van der Waals surface area contributed by atoms with Gasteiger partial charge in [-0.1, -0.05) is 0 Å². The molecule has 0 aliphatic rings. The zero-order chi connectivity index (χ0) is 0. The summed E-state index contributed by atoms with van der Waals surface area (Å²) in [5.41, 5.74) is 0. The number of rotatable bonds is 0. The van der Waals surface area contributed by atoms with Crippen molar-refractivity contribution in [2.75, 3.05) is 0 Å². The van der Waals surface area contributed by atoms with Crippen molar-refractivity contribution in [3.63, 3.8) is 0 Å². The Morgan fingerprint density at radius 3 is 0.750 bits per heavy atom. The molecule has 0 aliphatic carbocycles. The molecule has 3 heteroatoms. The number of hydrogen-bond donors (Lipinski definition) is 0. The quantitative estimate of drug-likeness (QED) is 0.345. The van der Waals surface area contributed by atoms with Crippen LogP contribution in [0.15, 0.2) is 0 Å². The van der Waals surface area contributed by atoms with Gasteiger partial charge in [0, 0.05) is 29.3 Å². The maximum absolute atomic E-state index is 0. The SMILES string of the molecule is [C].[O].[O].[Si]. The lowest BCUT2D eigenvalue weighted by Crippen LogP contribution is -0.381. The molecule has 0 aliphatic heterocycles. The van der Waals surface area contributed by atoms with Crippen LogP contribution in [-0.2, 0) is 11.0 Å². The van der Waals surface area contributed by atoms with E-state index in [1.54, 1.807) is 0 Å². The average Bonchev–Trinajstić information content (AvgIpc) is 0. The second kappa shape index (κ2) is 764. The maximum atomic E-state index is 0. The summed E-state index contributed by atoms with van der Waals surface area (Å²) in [6.07, 6.45) is 0. The third-order valence-electron chi connectivity index (χ3n) is 0. The van der Waals surface area contributed by atoms with E-state index in [0.29, 0.717) is 0 Å². The molecule has 0 saturated carbocycles. The first kappa shape index (κ1) is 2170. The van der Waals surface area contributed by atoms with E-state index in [2.05, 4.69) is 0 Å². The molecule has 2 nitrogen and oxygen atoms in total. The van der Waals surface area contributed by atoms with E-state index in [1.807, 2.05) is 0 Å². The molecule has 0 spiro atoms. The van der Waals surface area contributed by atoms with Gasteiger partial charge < -0.3 is 0 Å². The van der Waals surface area contributed by atoms with Crippen LogP contribution in [-0.4, -0.2) is 11.0 Å². The van der Waals surface area contributed by atoms with Crippen LogP contribution in [0.5, 0.6) is 0 Å². The van der Waals surface area contributed by atoms with Gasteiger partial charge in [-0.05, 0) is 0 Å². The zero-order valence-electron chi connectivity index (χ0n) is 1.82. The zero-order valence-corrected chi connectivity index (χ0v) is 2.82. The Hall–Kier alpha value is 0.137. The highest BCUT2D eigenvalue weighted by molar-refractivity contribution is 5.75. The van der Waals surface area contributed by atoms with Crippen molar-refractivity contribution in [3.05, 3.63) is 7.43 Å². The molecule has 0 aromatic heterocycles. The fraction of sp³-hybridized carbons (Fsp3) is 0. The predicted molar refractivity (Wildman–Crippen MR) is 10.4 cm³/mol. The maximum Gasteiger partial charge on any atom is 0 e. The first-order valence-electron chi connectivity index (χ1n) is 0. The lowest BCUT2D eigenvalue weighted by Gasteiger charge is -0.00100. The van der Waals surface area contributed by atoms with Crippen LogP contribution in [0, 0.1) is 7.43 Å². The van der Waals surface area contributed by atoms with Crippen LogP contribution in [0.25, 0.3) is 0 Å². The van der Waals surface area contributed by atoms with Crippen LogP contribution in [0.3, 0.4) is 0 Å². The van der Waals surface area contributed by atoms with Crippen molar-refractivity contribution in [3.8, 4) is 0 Å². The summed E-state index contributed by atoms with van der Waals surface area (Å²) in [5.74, 6) is 0. The fourth-order valence-corrected chi connectivity index (χ4v) is 0. The Bertz CT molecular complexity index is 6.00. The lowest BCUT2D eigenvalue weighted by atomic mass is 12.0. The van der Waals surface area contributed by atoms with Crippen molar-refractivity contribution in [2.24, 2.45) is 0 Å². The van der Waals surface area contributed by atoms with Gasteiger partial charge >= 0.3 is 0 Å². The van der Waals surface area contributed by atoms with Crippen molar-refractivity contribution < 1.29 is 11.0 Å². The monoisotopic (exact) mass is 72.0 g/mol. The summed E-state index contributed by atoms with van der Waals surface area (Å²) >= 11 is 0. The van der Waals surface area contributed by atoms with Gasteiger partial charge in [0.2, 0.25) is 0 Å². The fourth-order valence-electron chi connectivity index (χ4n) is 0. The molecule has 0 aromatic rings. The lowest BCUT2D eigenvalue weighted by molar-refractivity contribution is 0.685. The molecule has 0 heterocycles.